The van der Waals surface area contributed by atoms with Crippen molar-refractivity contribution in [2.45, 2.75) is 64.7 Å². The van der Waals surface area contributed by atoms with Gasteiger partial charge in [0.25, 0.3) is 0 Å². The minimum absolute atomic E-state index is 0.151. The number of ketones is 2. The van der Waals surface area contributed by atoms with Gasteiger partial charge in [-0.2, -0.15) is 0 Å². The predicted molar refractivity (Wildman–Crippen MR) is 139 cm³/mol. The lowest BCUT2D eigenvalue weighted by Gasteiger charge is -2.44. The molecule has 0 amide bonds. The molecule has 0 fully saturated rings. The third-order valence-electron chi connectivity index (χ3n) is 6.72. The lowest BCUT2D eigenvalue weighted by molar-refractivity contribution is -0.117. The van der Waals surface area contributed by atoms with Gasteiger partial charge < -0.3 is 19.1 Å². The largest absolute Gasteiger partial charge is 0.490 e. The Hall–Kier alpha value is -1.87. The molecule has 4 rings (SSSR count). The Bertz CT molecular complexity index is 984. The van der Waals surface area contributed by atoms with E-state index < -0.39 is 0 Å². The molecule has 7 heteroatoms. The van der Waals surface area contributed by atoms with Crippen molar-refractivity contribution in [1.29, 1.82) is 0 Å². The summed E-state index contributed by atoms with van der Waals surface area (Å²) in [5.41, 5.74) is 4.67. The van der Waals surface area contributed by atoms with E-state index in [2.05, 4.69) is 40.5 Å². The highest BCUT2D eigenvalue weighted by molar-refractivity contribution is 14.1. The average Bonchev–Trinajstić information content (AvgIpc) is 2.82. The third-order valence-corrected chi connectivity index (χ3v) is 7.52. The summed E-state index contributed by atoms with van der Waals surface area (Å²) < 4.78 is 18.3. The topological polar surface area (TPSA) is 65.1 Å². The maximum Gasteiger partial charge on any atom is 0.174 e. The molecule has 2 aliphatic carbocycles. The van der Waals surface area contributed by atoms with Crippen LogP contribution in [0.4, 0.5) is 0 Å². The number of methoxy groups -OCH3 is 1. The molecule has 0 bridgehead atoms. The van der Waals surface area contributed by atoms with Gasteiger partial charge in [-0.25, -0.2) is 0 Å². The van der Waals surface area contributed by atoms with Crippen molar-refractivity contribution >= 4 is 34.2 Å². The van der Waals surface area contributed by atoms with Gasteiger partial charge in [-0.05, 0) is 79.3 Å². The van der Waals surface area contributed by atoms with Crippen LogP contribution in [0, 0.1) is 3.57 Å². The van der Waals surface area contributed by atoms with Crippen molar-refractivity contribution < 1.29 is 23.8 Å². The number of allylic oxidation sites excluding steroid dienone is 4. The Morgan fingerprint density at radius 2 is 1.59 bits per heavy atom. The first-order chi connectivity index (χ1) is 16.5. The van der Waals surface area contributed by atoms with Gasteiger partial charge in [-0.15, -0.1) is 0 Å². The number of benzene rings is 1. The summed E-state index contributed by atoms with van der Waals surface area (Å²) in [5, 5.41) is 0. The number of Topliss-reactive ketones (excluding diaryl/α,β-unsaturated/α-hetero) is 2. The van der Waals surface area contributed by atoms with Crippen molar-refractivity contribution in [2.24, 2.45) is 0 Å². The molecule has 0 radical (unpaired) electrons. The van der Waals surface area contributed by atoms with E-state index in [9.17, 15) is 9.59 Å². The molecule has 0 saturated carbocycles. The minimum Gasteiger partial charge on any atom is -0.490 e. The molecule has 0 spiro atoms. The number of carbonyl (C=O) groups excluding carboxylic acids is 2. The van der Waals surface area contributed by atoms with E-state index in [-0.39, 0.29) is 17.5 Å². The fraction of sp³-hybridized carbons (Fsp3) is 0.556. The molecule has 6 nitrogen and oxygen atoms in total. The Balaban J connectivity index is 1.90. The summed E-state index contributed by atoms with van der Waals surface area (Å²) in [7, 11) is 1.69. The lowest BCUT2D eigenvalue weighted by Crippen LogP contribution is -2.40. The molecular weight excluding hydrogens is 545 g/mol. The van der Waals surface area contributed by atoms with Crippen LogP contribution in [-0.2, 0) is 14.3 Å². The molecule has 0 aromatic heterocycles. The van der Waals surface area contributed by atoms with Crippen LogP contribution in [-0.4, -0.2) is 49.9 Å². The molecular formula is C27H34INO5. The van der Waals surface area contributed by atoms with Crippen LogP contribution in [0.1, 0.15) is 70.3 Å². The van der Waals surface area contributed by atoms with E-state index in [4.69, 9.17) is 14.2 Å². The summed E-state index contributed by atoms with van der Waals surface area (Å²) in [6.07, 6.45) is 5.33. The van der Waals surface area contributed by atoms with Crippen molar-refractivity contribution in [3.63, 3.8) is 0 Å². The first-order valence-corrected chi connectivity index (χ1v) is 13.5. The normalized spacial score (nSPS) is 18.9. The van der Waals surface area contributed by atoms with Crippen LogP contribution >= 0.6 is 22.6 Å². The maximum absolute atomic E-state index is 13.4. The standard InChI is InChI=1S/C27H34INO5/c1-4-13-34-27-18(28)15-17(16-23(27)33-5-2)24-25-19(8-6-10-21(25)30)29(12-14-32-3)20-9-7-11-22(31)26(20)24/h15-16,24H,4-14H2,1-3H3. The van der Waals surface area contributed by atoms with Gasteiger partial charge in [0, 0.05) is 55.0 Å². The third kappa shape index (κ3) is 4.78. The molecule has 3 aliphatic rings. The van der Waals surface area contributed by atoms with Gasteiger partial charge in [0.2, 0.25) is 0 Å². The van der Waals surface area contributed by atoms with Gasteiger partial charge >= 0.3 is 0 Å². The average molecular weight is 579 g/mol. The van der Waals surface area contributed by atoms with Crippen molar-refractivity contribution in [3.8, 4) is 11.5 Å². The van der Waals surface area contributed by atoms with Gasteiger partial charge in [0.05, 0.1) is 23.4 Å². The highest BCUT2D eigenvalue weighted by Crippen LogP contribution is 2.50. The molecule has 1 aromatic rings. The smallest absolute Gasteiger partial charge is 0.174 e. The molecule has 184 valence electrons. The molecule has 1 aliphatic heterocycles. The van der Waals surface area contributed by atoms with E-state index in [1.165, 1.54) is 0 Å². The van der Waals surface area contributed by atoms with Crippen LogP contribution in [0.25, 0.3) is 0 Å². The van der Waals surface area contributed by atoms with Crippen LogP contribution in [0.15, 0.2) is 34.7 Å². The van der Waals surface area contributed by atoms with Crippen LogP contribution in [0.3, 0.4) is 0 Å². The van der Waals surface area contributed by atoms with Crippen LogP contribution < -0.4 is 9.47 Å². The molecule has 0 N–H and O–H groups in total. The highest BCUT2D eigenvalue weighted by atomic mass is 127. The molecule has 1 aromatic carbocycles. The lowest BCUT2D eigenvalue weighted by atomic mass is 9.71. The van der Waals surface area contributed by atoms with E-state index in [0.717, 1.165) is 69.5 Å². The van der Waals surface area contributed by atoms with Gasteiger partial charge in [-0.1, -0.05) is 6.92 Å². The number of rotatable bonds is 9. The highest BCUT2D eigenvalue weighted by Gasteiger charge is 2.43. The zero-order valence-corrected chi connectivity index (χ0v) is 22.5. The summed E-state index contributed by atoms with van der Waals surface area (Å²) in [5.74, 6) is 1.36. The van der Waals surface area contributed by atoms with Crippen LogP contribution in [0.5, 0.6) is 11.5 Å². The molecule has 34 heavy (non-hydrogen) atoms. The number of hydrogen-bond donors (Lipinski definition) is 0. The minimum atomic E-state index is -0.350. The zero-order valence-electron chi connectivity index (χ0n) is 20.4. The van der Waals surface area contributed by atoms with Crippen molar-refractivity contribution in [3.05, 3.63) is 43.8 Å². The van der Waals surface area contributed by atoms with Gasteiger partial charge in [-0.3, -0.25) is 9.59 Å². The number of carbonyl (C=O) groups is 2. The SMILES string of the molecule is CCCOc1c(I)cc(C2C3=C(CCCC3=O)N(CCOC)C3=C2C(=O)CCC3)cc1OCC. The zero-order chi connectivity index (χ0) is 24.2. The molecule has 1 heterocycles. The van der Waals surface area contributed by atoms with Crippen molar-refractivity contribution in [1.82, 2.24) is 4.90 Å². The Morgan fingerprint density at radius 1 is 0.941 bits per heavy atom. The Kier molecular flexibility index (Phi) is 8.34. The van der Waals surface area contributed by atoms with E-state index in [1.54, 1.807) is 7.11 Å². The summed E-state index contributed by atoms with van der Waals surface area (Å²) in [4.78, 5) is 29.0. The quantitative estimate of drug-likeness (QED) is 0.358. The number of halogens is 1. The maximum atomic E-state index is 13.4. The molecule has 0 atom stereocenters. The molecule has 0 unspecified atom stereocenters. The fourth-order valence-electron chi connectivity index (χ4n) is 5.36. The second-order valence-electron chi connectivity index (χ2n) is 8.96. The first-order valence-electron chi connectivity index (χ1n) is 12.4. The van der Waals surface area contributed by atoms with Crippen molar-refractivity contribution in [2.75, 3.05) is 33.5 Å². The summed E-state index contributed by atoms with van der Waals surface area (Å²) in [6.45, 7) is 6.36. The van der Waals surface area contributed by atoms with E-state index in [1.807, 2.05) is 13.0 Å². The monoisotopic (exact) mass is 579 g/mol. The second kappa shape index (κ2) is 11.2. The van der Waals surface area contributed by atoms with Gasteiger partial charge in [0.1, 0.15) is 0 Å². The predicted octanol–water partition coefficient (Wildman–Crippen LogP) is 5.54. The van der Waals surface area contributed by atoms with E-state index >= 15 is 0 Å². The molecule has 0 saturated heterocycles. The Labute approximate surface area is 215 Å². The second-order valence-corrected chi connectivity index (χ2v) is 10.1. The summed E-state index contributed by atoms with van der Waals surface area (Å²) >= 11 is 2.28. The fourth-order valence-corrected chi connectivity index (χ4v) is 6.15. The number of hydrogen-bond acceptors (Lipinski definition) is 6. The Morgan fingerprint density at radius 3 is 2.15 bits per heavy atom. The number of ether oxygens (including phenoxy) is 3. The van der Waals surface area contributed by atoms with E-state index in [0.29, 0.717) is 45.0 Å². The number of nitrogens with zero attached hydrogens (tertiary/aromatic N) is 1. The van der Waals surface area contributed by atoms with Gasteiger partial charge in [0.15, 0.2) is 23.1 Å². The van der Waals surface area contributed by atoms with Crippen LogP contribution in [0.2, 0.25) is 0 Å². The first kappa shape index (κ1) is 25.2. The summed E-state index contributed by atoms with van der Waals surface area (Å²) in [6, 6.07) is 4.06.